The number of hydrogen-bond acceptors (Lipinski definition) is 4. The maximum atomic E-state index is 12.7. The Kier molecular flexibility index (Phi) is 3.72. The number of amides is 1. The average Bonchev–Trinajstić information content (AvgIpc) is 3.10. The van der Waals surface area contributed by atoms with Crippen molar-refractivity contribution >= 4 is 11.6 Å². The maximum Gasteiger partial charge on any atom is 0.257 e. The third kappa shape index (κ3) is 2.54. The van der Waals surface area contributed by atoms with E-state index in [1.807, 2.05) is 30.3 Å². The van der Waals surface area contributed by atoms with Gasteiger partial charge >= 0.3 is 0 Å². The summed E-state index contributed by atoms with van der Waals surface area (Å²) in [4.78, 5) is 27.0. The second-order valence-electron chi connectivity index (χ2n) is 6.19. The SMILES string of the molecule is Cc1ncncc1C(=O)N1CCC(c2cccc3nccn23)CC1. The number of likely N-dealkylation sites (tertiary alicyclic amines) is 1. The summed E-state index contributed by atoms with van der Waals surface area (Å²) in [6.45, 7) is 3.35. The molecule has 0 atom stereocenters. The number of rotatable bonds is 2. The van der Waals surface area contributed by atoms with Crippen LogP contribution < -0.4 is 0 Å². The molecular formula is C18H19N5O. The summed E-state index contributed by atoms with van der Waals surface area (Å²) in [5.41, 5.74) is 3.59. The topological polar surface area (TPSA) is 63.4 Å². The van der Waals surface area contributed by atoms with Crippen LogP contribution in [0, 0.1) is 6.92 Å². The summed E-state index contributed by atoms with van der Waals surface area (Å²) in [6.07, 6.45) is 8.83. The molecule has 3 aromatic rings. The van der Waals surface area contributed by atoms with Crippen molar-refractivity contribution in [3.05, 3.63) is 60.1 Å². The fraction of sp³-hybridized carbons (Fsp3) is 0.333. The molecule has 0 aromatic carbocycles. The Bertz CT molecular complexity index is 880. The van der Waals surface area contributed by atoms with E-state index in [-0.39, 0.29) is 5.91 Å². The molecule has 6 nitrogen and oxygen atoms in total. The molecule has 0 bridgehead atoms. The van der Waals surface area contributed by atoms with Crippen molar-refractivity contribution in [2.45, 2.75) is 25.7 Å². The van der Waals surface area contributed by atoms with Crippen molar-refractivity contribution in [2.24, 2.45) is 0 Å². The Balaban J connectivity index is 1.50. The molecule has 1 amide bonds. The van der Waals surface area contributed by atoms with Gasteiger partial charge in [-0.1, -0.05) is 6.07 Å². The second-order valence-corrected chi connectivity index (χ2v) is 6.19. The van der Waals surface area contributed by atoms with Crippen molar-refractivity contribution in [1.82, 2.24) is 24.3 Å². The van der Waals surface area contributed by atoms with Crippen LogP contribution in [0.1, 0.15) is 40.5 Å². The van der Waals surface area contributed by atoms with Gasteiger partial charge in [-0.15, -0.1) is 0 Å². The van der Waals surface area contributed by atoms with Gasteiger partial charge in [-0.25, -0.2) is 15.0 Å². The second kappa shape index (κ2) is 6.03. The molecule has 4 rings (SSSR count). The number of pyridine rings is 1. The Labute approximate surface area is 140 Å². The molecule has 1 aliphatic heterocycles. The highest BCUT2D eigenvalue weighted by Crippen LogP contribution is 2.29. The zero-order valence-electron chi connectivity index (χ0n) is 13.6. The molecule has 0 radical (unpaired) electrons. The number of carbonyl (C=O) groups is 1. The van der Waals surface area contributed by atoms with Crippen LogP contribution in [0.5, 0.6) is 0 Å². The van der Waals surface area contributed by atoms with Crippen molar-refractivity contribution in [2.75, 3.05) is 13.1 Å². The number of fused-ring (bicyclic) bond motifs is 1. The fourth-order valence-electron chi connectivity index (χ4n) is 3.45. The van der Waals surface area contributed by atoms with E-state index < -0.39 is 0 Å². The zero-order chi connectivity index (χ0) is 16.5. The van der Waals surface area contributed by atoms with Crippen molar-refractivity contribution in [1.29, 1.82) is 0 Å². The predicted octanol–water partition coefficient (Wildman–Crippen LogP) is 2.45. The van der Waals surface area contributed by atoms with Gasteiger partial charge in [0, 0.05) is 43.3 Å². The molecule has 4 heterocycles. The lowest BCUT2D eigenvalue weighted by Crippen LogP contribution is -2.38. The molecule has 0 saturated carbocycles. The van der Waals surface area contributed by atoms with Gasteiger partial charge in [0.2, 0.25) is 0 Å². The number of hydrogen-bond donors (Lipinski definition) is 0. The standard InChI is InChI=1S/C18H19N5O/c1-13-15(11-19-12-21-13)18(24)22-8-5-14(6-9-22)16-3-2-4-17-20-7-10-23(16)17/h2-4,7,10-12,14H,5-6,8-9H2,1H3. The van der Waals surface area contributed by atoms with Crippen LogP contribution in [-0.2, 0) is 0 Å². The quantitative estimate of drug-likeness (QED) is 0.727. The van der Waals surface area contributed by atoms with Crippen LogP contribution in [0.3, 0.4) is 0 Å². The van der Waals surface area contributed by atoms with Gasteiger partial charge in [0.05, 0.1) is 11.3 Å². The highest BCUT2D eigenvalue weighted by molar-refractivity contribution is 5.94. The van der Waals surface area contributed by atoms with Gasteiger partial charge in [-0.2, -0.15) is 0 Å². The minimum absolute atomic E-state index is 0.0346. The fourth-order valence-corrected chi connectivity index (χ4v) is 3.45. The molecule has 0 N–H and O–H groups in total. The molecule has 24 heavy (non-hydrogen) atoms. The van der Waals surface area contributed by atoms with Crippen LogP contribution in [0.2, 0.25) is 0 Å². The number of aromatic nitrogens is 4. The predicted molar refractivity (Wildman–Crippen MR) is 89.8 cm³/mol. The minimum atomic E-state index is 0.0346. The van der Waals surface area contributed by atoms with Crippen LogP contribution in [0.25, 0.3) is 5.65 Å². The van der Waals surface area contributed by atoms with Crippen molar-refractivity contribution < 1.29 is 4.79 Å². The first kappa shape index (κ1) is 14.8. The third-order valence-electron chi connectivity index (χ3n) is 4.80. The monoisotopic (exact) mass is 321 g/mol. The molecule has 6 heteroatoms. The summed E-state index contributed by atoms with van der Waals surface area (Å²) in [7, 11) is 0. The van der Waals surface area contributed by atoms with Crippen LogP contribution in [0.15, 0.2) is 43.1 Å². The van der Waals surface area contributed by atoms with Gasteiger partial charge in [-0.05, 0) is 31.9 Å². The minimum Gasteiger partial charge on any atom is -0.338 e. The highest BCUT2D eigenvalue weighted by atomic mass is 16.2. The molecule has 1 aliphatic rings. The summed E-state index contributed by atoms with van der Waals surface area (Å²) in [6, 6.07) is 6.23. The van der Waals surface area contributed by atoms with E-state index in [4.69, 9.17) is 0 Å². The highest BCUT2D eigenvalue weighted by Gasteiger charge is 2.26. The first-order chi connectivity index (χ1) is 11.7. The zero-order valence-corrected chi connectivity index (χ0v) is 13.6. The molecule has 0 unspecified atom stereocenters. The number of carbonyl (C=O) groups excluding carboxylic acids is 1. The third-order valence-corrected chi connectivity index (χ3v) is 4.80. The smallest absolute Gasteiger partial charge is 0.257 e. The number of imidazole rings is 1. The van der Waals surface area contributed by atoms with E-state index in [1.54, 1.807) is 6.20 Å². The van der Waals surface area contributed by atoms with E-state index in [9.17, 15) is 4.79 Å². The van der Waals surface area contributed by atoms with Gasteiger partial charge in [-0.3, -0.25) is 4.79 Å². The lowest BCUT2D eigenvalue weighted by molar-refractivity contribution is 0.0710. The number of aryl methyl sites for hydroxylation is 1. The van der Waals surface area contributed by atoms with E-state index in [0.717, 1.165) is 37.3 Å². The molecular weight excluding hydrogens is 302 g/mol. The van der Waals surface area contributed by atoms with E-state index in [0.29, 0.717) is 11.5 Å². The van der Waals surface area contributed by atoms with Gasteiger partial charge < -0.3 is 9.30 Å². The van der Waals surface area contributed by atoms with Crippen LogP contribution in [-0.4, -0.2) is 43.2 Å². The molecule has 122 valence electrons. The van der Waals surface area contributed by atoms with E-state index >= 15 is 0 Å². The summed E-state index contributed by atoms with van der Waals surface area (Å²) < 4.78 is 2.15. The first-order valence-corrected chi connectivity index (χ1v) is 8.22. The van der Waals surface area contributed by atoms with Gasteiger partial charge in [0.1, 0.15) is 12.0 Å². The lowest BCUT2D eigenvalue weighted by atomic mass is 9.92. The summed E-state index contributed by atoms with van der Waals surface area (Å²) in [5.74, 6) is 0.479. The Hall–Kier alpha value is -2.76. The molecule has 1 saturated heterocycles. The molecule has 1 fully saturated rings. The molecule has 3 aromatic heterocycles. The summed E-state index contributed by atoms with van der Waals surface area (Å²) in [5, 5.41) is 0. The molecule has 0 spiro atoms. The maximum absolute atomic E-state index is 12.7. The first-order valence-electron chi connectivity index (χ1n) is 8.22. The van der Waals surface area contributed by atoms with E-state index in [1.165, 1.54) is 12.0 Å². The van der Waals surface area contributed by atoms with Crippen LogP contribution in [0.4, 0.5) is 0 Å². The van der Waals surface area contributed by atoms with Gasteiger partial charge in [0.25, 0.3) is 5.91 Å². The lowest BCUT2D eigenvalue weighted by Gasteiger charge is -2.32. The average molecular weight is 321 g/mol. The number of nitrogens with zero attached hydrogens (tertiary/aromatic N) is 5. The van der Waals surface area contributed by atoms with Crippen LogP contribution >= 0.6 is 0 Å². The van der Waals surface area contributed by atoms with Crippen molar-refractivity contribution in [3.63, 3.8) is 0 Å². The van der Waals surface area contributed by atoms with Crippen molar-refractivity contribution in [3.8, 4) is 0 Å². The number of piperidine rings is 1. The normalized spacial score (nSPS) is 15.8. The largest absolute Gasteiger partial charge is 0.338 e. The molecule has 0 aliphatic carbocycles. The van der Waals surface area contributed by atoms with Gasteiger partial charge in [0.15, 0.2) is 0 Å². The summed E-state index contributed by atoms with van der Waals surface area (Å²) >= 11 is 0. The Morgan fingerprint density at radius 1 is 1.21 bits per heavy atom. The Morgan fingerprint density at radius 3 is 2.83 bits per heavy atom. The Morgan fingerprint density at radius 2 is 2.04 bits per heavy atom. The van der Waals surface area contributed by atoms with E-state index in [2.05, 4.69) is 31.5 Å².